The molecule has 1 aromatic carbocycles. The van der Waals surface area contributed by atoms with Gasteiger partial charge in [-0.3, -0.25) is 10.1 Å². The normalized spacial score (nSPS) is 11.6. The molecule has 4 aromatic rings. The summed E-state index contributed by atoms with van der Waals surface area (Å²) in [5.74, 6) is -1.64. The molecule has 0 saturated carbocycles. The van der Waals surface area contributed by atoms with Gasteiger partial charge in [-0.2, -0.15) is 4.52 Å². The van der Waals surface area contributed by atoms with Crippen molar-refractivity contribution in [2.75, 3.05) is 5.32 Å². The number of nitrogens with zero attached hydrogens (tertiary/aromatic N) is 4. The SMILES string of the molecule is O=C(Nc1nccs1)c1oc2nc(Oc3ccc(OC(F)(F)F)c(Cl)c3)nn2c1CO. The zero-order chi connectivity index (χ0) is 22.2. The van der Waals surface area contributed by atoms with E-state index in [0.717, 1.165) is 22.7 Å². The van der Waals surface area contributed by atoms with Crippen molar-refractivity contribution >= 4 is 39.8 Å². The first kappa shape index (κ1) is 20.9. The number of nitrogens with one attached hydrogen (secondary N) is 1. The molecule has 3 aromatic heterocycles. The van der Waals surface area contributed by atoms with Gasteiger partial charge in [0, 0.05) is 17.6 Å². The van der Waals surface area contributed by atoms with Crippen LogP contribution in [0.25, 0.3) is 5.84 Å². The third-order valence-corrected chi connectivity index (χ3v) is 4.60. The standard InChI is InChI=1S/C16H9ClF3N5O5S/c17-8-5-7(1-2-10(8)30-16(18,19)20)28-13-23-15-25(24-13)9(6-26)11(29-15)12(27)22-14-21-3-4-31-14/h1-5,26H,6H2,(H,21,22,27). The number of halogens is 4. The molecule has 0 aliphatic heterocycles. The number of alkyl halides is 3. The van der Waals surface area contributed by atoms with Crippen LogP contribution in [-0.4, -0.2) is 37.0 Å². The maximum absolute atomic E-state index is 12.3. The van der Waals surface area contributed by atoms with E-state index in [1.165, 1.54) is 17.5 Å². The summed E-state index contributed by atoms with van der Waals surface area (Å²) < 4.78 is 52.5. The van der Waals surface area contributed by atoms with E-state index < -0.39 is 24.6 Å². The van der Waals surface area contributed by atoms with E-state index in [4.69, 9.17) is 20.8 Å². The van der Waals surface area contributed by atoms with Gasteiger partial charge in [0.05, 0.1) is 11.6 Å². The highest BCUT2D eigenvalue weighted by Gasteiger charge is 2.32. The summed E-state index contributed by atoms with van der Waals surface area (Å²) in [5, 5.41) is 17.7. The quantitative estimate of drug-likeness (QED) is 0.430. The Morgan fingerprint density at radius 2 is 2.19 bits per heavy atom. The number of hydrogen-bond acceptors (Lipinski definition) is 9. The number of amides is 1. The molecular weight excluding hydrogens is 467 g/mol. The zero-order valence-electron chi connectivity index (χ0n) is 14.9. The van der Waals surface area contributed by atoms with E-state index in [-0.39, 0.29) is 34.1 Å². The highest BCUT2D eigenvalue weighted by atomic mass is 35.5. The molecule has 0 radical (unpaired) electrons. The number of rotatable bonds is 6. The first-order valence-electron chi connectivity index (χ1n) is 8.17. The van der Waals surface area contributed by atoms with Crippen LogP contribution in [0.15, 0.2) is 34.2 Å². The van der Waals surface area contributed by atoms with Gasteiger partial charge in [0.2, 0.25) is 5.76 Å². The van der Waals surface area contributed by atoms with E-state index in [1.807, 2.05) is 0 Å². The largest absolute Gasteiger partial charge is 0.573 e. The molecule has 4 rings (SSSR count). The molecule has 0 saturated heterocycles. The fraction of sp³-hybridized carbons (Fsp3) is 0.125. The van der Waals surface area contributed by atoms with Crippen LogP contribution < -0.4 is 14.8 Å². The van der Waals surface area contributed by atoms with Crippen LogP contribution in [0.5, 0.6) is 17.5 Å². The number of carbonyl (C=O) groups excluding carboxylic acids is 1. The maximum Gasteiger partial charge on any atom is 0.573 e. The van der Waals surface area contributed by atoms with Crippen molar-refractivity contribution in [3.63, 3.8) is 0 Å². The Hall–Kier alpha value is -3.36. The number of anilines is 1. The van der Waals surface area contributed by atoms with Crippen molar-refractivity contribution < 1.29 is 37.0 Å². The molecule has 0 bridgehead atoms. The molecule has 15 heteroatoms. The molecule has 0 spiro atoms. The average molecular weight is 476 g/mol. The van der Waals surface area contributed by atoms with Gasteiger partial charge < -0.3 is 19.0 Å². The summed E-state index contributed by atoms with van der Waals surface area (Å²) in [6.07, 6.45) is -3.40. The Morgan fingerprint density at radius 1 is 1.39 bits per heavy atom. The fourth-order valence-electron chi connectivity index (χ4n) is 2.42. The highest BCUT2D eigenvalue weighted by molar-refractivity contribution is 7.13. The highest BCUT2D eigenvalue weighted by Crippen LogP contribution is 2.34. The first-order chi connectivity index (χ1) is 14.7. The predicted octanol–water partition coefficient (Wildman–Crippen LogP) is 3.87. The number of ether oxygens (including phenoxy) is 2. The molecule has 0 aliphatic carbocycles. The number of oxazole rings is 1. The number of benzene rings is 1. The molecular formula is C16H9ClF3N5O5S. The van der Waals surface area contributed by atoms with Crippen LogP contribution in [0.4, 0.5) is 18.3 Å². The number of aliphatic hydroxyl groups excluding tert-OH is 1. The molecule has 2 N–H and O–H groups in total. The van der Waals surface area contributed by atoms with Gasteiger partial charge in [0.1, 0.15) is 17.2 Å². The van der Waals surface area contributed by atoms with Crippen LogP contribution in [-0.2, 0) is 6.61 Å². The topological polar surface area (TPSA) is 124 Å². The monoisotopic (exact) mass is 475 g/mol. The van der Waals surface area contributed by atoms with Crippen molar-refractivity contribution in [3.05, 3.63) is 46.3 Å². The second kappa shape index (κ2) is 8.05. The van der Waals surface area contributed by atoms with Crippen molar-refractivity contribution in [2.45, 2.75) is 13.0 Å². The lowest BCUT2D eigenvalue weighted by Crippen LogP contribution is -2.17. The Balaban J connectivity index is 1.55. The molecule has 31 heavy (non-hydrogen) atoms. The second-order valence-corrected chi connectivity index (χ2v) is 6.96. The zero-order valence-corrected chi connectivity index (χ0v) is 16.5. The number of hydrogen-bond donors (Lipinski definition) is 2. The van der Waals surface area contributed by atoms with Gasteiger partial charge in [0.25, 0.3) is 5.91 Å². The summed E-state index contributed by atoms with van der Waals surface area (Å²) in [5.41, 5.74) is -0.00152. The third-order valence-electron chi connectivity index (χ3n) is 3.62. The Kier molecular flexibility index (Phi) is 5.43. The van der Waals surface area contributed by atoms with Gasteiger partial charge >= 0.3 is 18.2 Å². The molecule has 0 fully saturated rings. The lowest BCUT2D eigenvalue weighted by molar-refractivity contribution is -0.274. The lowest BCUT2D eigenvalue weighted by atomic mass is 10.3. The molecule has 10 nitrogen and oxygen atoms in total. The van der Waals surface area contributed by atoms with Crippen LogP contribution >= 0.6 is 22.9 Å². The van der Waals surface area contributed by atoms with E-state index in [2.05, 4.69) is 25.1 Å². The van der Waals surface area contributed by atoms with Gasteiger partial charge in [-0.15, -0.1) is 34.6 Å². The smallest absolute Gasteiger partial charge is 0.423 e. The Bertz CT molecular complexity index is 1240. The summed E-state index contributed by atoms with van der Waals surface area (Å²) in [6.45, 7) is -0.605. The number of aliphatic hydroxyl groups is 1. The summed E-state index contributed by atoms with van der Waals surface area (Å²) in [6, 6.07) is 2.94. The van der Waals surface area contributed by atoms with Gasteiger partial charge in [0.15, 0.2) is 5.13 Å². The average Bonchev–Trinajstić information content (AvgIpc) is 3.39. The van der Waals surface area contributed by atoms with E-state index >= 15 is 0 Å². The van der Waals surface area contributed by atoms with Crippen LogP contribution in [0.3, 0.4) is 0 Å². The van der Waals surface area contributed by atoms with Crippen LogP contribution in [0.1, 0.15) is 16.2 Å². The summed E-state index contributed by atoms with van der Waals surface area (Å²) in [7, 11) is 0. The summed E-state index contributed by atoms with van der Waals surface area (Å²) >= 11 is 6.96. The molecule has 0 atom stereocenters. The number of carbonyl (C=O) groups is 1. The minimum absolute atomic E-state index is 0.00152. The second-order valence-electron chi connectivity index (χ2n) is 5.66. The van der Waals surface area contributed by atoms with Gasteiger partial charge in [-0.05, 0) is 12.1 Å². The Labute approximate surface area is 178 Å². The minimum Gasteiger partial charge on any atom is -0.423 e. The minimum atomic E-state index is -4.90. The number of aromatic nitrogens is 4. The molecule has 162 valence electrons. The van der Waals surface area contributed by atoms with Crippen molar-refractivity contribution in [2.24, 2.45) is 0 Å². The molecule has 0 aliphatic rings. The van der Waals surface area contributed by atoms with Crippen molar-refractivity contribution in [1.29, 1.82) is 0 Å². The van der Waals surface area contributed by atoms with Crippen LogP contribution in [0.2, 0.25) is 5.02 Å². The van der Waals surface area contributed by atoms with E-state index in [9.17, 15) is 23.1 Å². The molecule has 0 unspecified atom stereocenters. The van der Waals surface area contributed by atoms with Crippen LogP contribution in [0, 0.1) is 0 Å². The van der Waals surface area contributed by atoms with Crippen molar-refractivity contribution in [1.82, 2.24) is 19.6 Å². The first-order valence-corrected chi connectivity index (χ1v) is 9.42. The molecule has 1 amide bonds. The third kappa shape index (κ3) is 4.55. The van der Waals surface area contributed by atoms with E-state index in [0.29, 0.717) is 5.13 Å². The maximum atomic E-state index is 12.3. The number of fused-ring (bicyclic) bond motifs is 1. The number of thiazole rings is 1. The molecule has 3 heterocycles. The fourth-order valence-corrected chi connectivity index (χ4v) is 3.16. The summed E-state index contributed by atoms with van der Waals surface area (Å²) in [4.78, 5) is 20.2. The lowest BCUT2D eigenvalue weighted by Gasteiger charge is -2.10. The Morgan fingerprint density at radius 3 is 2.84 bits per heavy atom. The van der Waals surface area contributed by atoms with Gasteiger partial charge in [-0.25, -0.2) is 4.98 Å². The van der Waals surface area contributed by atoms with Gasteiger partial charge in [-0.1, -0.05) is 11.6 Å². The van der Waals surface area contributed by atoms with Crippen molar-refractivity contribution in [3.8, 4) is 17.5 Å². The predicted molar refractivity (Wildman–Crippen MR) is 99.5 cm³/mol. The van der Waals surface area contributed by atoms with E-state index in [1.54, 1.807) is 5.38 Å².